The van der Waals surface area contributed by atoms with Gasteiger partial charge in [0.1, 0.15) is 16.3 Å². The van der Waals surface area contributed by atoms with Gasteiger partial charge in [-0.3, -0.25) is 9.59 Å². The number of nitrogens with one attached hydrogen (secondary N) is 1. The molecule has 1 aromatic rings. The van der Waals surface area contributed by atoms with Crippen LogP contribution in [-0.4, -0.2) is 38.3 Å². The van der Waals surface area contributed by atoms with E-state index in [1.165, 1.54) is 13.1 Å². The minimum Gasteiger partial charge on any atom is -0.384 e. The summed E-state index contributed by atoms with van der Waals surface area (Å²) >= 11 is 0. The van der Waals surface area contributed by atoms with Crippen LogP contribution in [-0.2, 0) is 9.84 Å². The van der Waals surface area contributed by atoms with E-state index in [4.69, 9.17) is 0 Å². The Morgan fingerprint density at radius 2 is 1.79 bits per heavy atom. The lowest BCUT2D eigenvalue weighted by atomic mass is 9.96. The molecule has 1 heterocycles. The van der Waals surface area contributed by atoms with Gasteiger partial charge < -0.3 is 5.32 Å². The van der Waals surface area contributed by atoms with E-state index in [-0.39, 0.29) is 17.0 Å². The van der Waals surface area contributed by atoms with E-state index in [1.807, 2.05) is 0 Å². The van der Waals surface area contributed by atoms with Crippen LogP contribution in [0.2, 0.25) is 0 Å². The molecule has 0 fully saturated rings. The molecule has 1 aliphatic rings. The molecule has 0 atom stereocenters. The number of allylic oxidation sites excluding steroid dienone is 2. The molecular formula is C12H12N2O4S. The Morgan fingerprint density at radius 3 is 2.32 bits per heavy atom. The minimum atomic E-state index is -3.80. The lowest BCUT2D eigenvalue weighted by Crippen LogP contribution is -2.32. The Hall–Kier alpha value is -2.02. The van der Waals surface area contributed by atoms with Crippen LogP contribution in [0, 0.1) is 6.92 Å². The molecule has 1 aliphatic carbocycles. The smallest absolute Gasteiger partial charge is 0.229 e. The number of pyridine rings is 1. The molecule has 0 bridgehead atoms. The first-order valence-corrected chi connectivity index (χ1v) is 7.35. The largest absolute Gasteiger partial charge is 0.384 e. The van der Waals surface area contributed by atoms with Gasteiger partial charge in [-0.1, -0.05) is 0 Å². The molecule has 1 aromatic heterocycles. The number of aromatic nitrogens is 1. The van der Waals surface area contributed by atoms with Gasteiger partial charge in [-0.05, 0) is 19.1 Å². The molecule has 0 spiro atoms. The summed E-state index contributed by atoms with van der Waals surface area (Å²) in [5.41, 5.74) is 0.369. The second-order valence-electron chi connectivity index (χ2n) is 4.23. The highest BCUT2D eigenvalue weighted by Gasteiger charge is 2.37. The maximum absolute atomic E-state index is 12.2. The topological polar surface area (TPSA) is 93.2 Å². The predicted molar refractivity (Wildman–Crippen MR) is 68.6 cm³/mol. The van der Waals surface area contributed by atoms with Gasteiger partial charge in [0, 0.05) is 19.0 Å². The third-order valence-electron chi connectivity index (χ3n) is 2.78. The number of carbonyl (C=O) groups is 2. The van der Waals surface area contributed by atoms with E-state index in [9.17, 15) is 18.0 Å². The number of Topliss-reactive ketones (excluding diaryl/α,β-unsaturated/α-hetero) is 2. The second-order valence-corrected chi connectivity index (χ2v) is 6.19. The van der Waals surface area contributed by atoms with Crippen LogP contribution in [0.15, 0.2) is 22.7 Å². The van der Waals surface area contributed by atoms with Crippen LogP contribution in [0.25, 0.3) is 0 Å². The molecule has 0 aliphatic heterocycles. The summed E-state index contributed by atoms with van der Waals surface area (Å²) in [5.74, 6) is -1.28. The van der Waals surface area contributed by atoms with Crippen molar-refractivity contribution in [3.05, 3.63) is 39.7 Å². The zero-order valence-corrected chi connectivity index (χ0v) is 11.5. The van der Waals surface area contributed by atoms with Gasteiger partial charge in [-0.2, -0.15) is 0 Å². The normalized spacial score (nSPS) is 15.5. The number of likely N-dealkylation sites (N-methyl/N-ethyl adjacent to an activating group) is 1. The van der Waals surface area contributed by atoms with E-state index < -0.39 is 26.3 Å². The van der Waals surface area contributed by atoms with Crippen molar-refractivity contribution >= 4 is 21.4 Å². The van der Waals surface area contributed by atoms with Gasteiger partial charge in [0.15, 0.2) is 9.84 Å². The third kappa shape index (κ3) is 2.06. The number of ketones is 2. The zero-order valence-electron chi connectivity index (χ0n) is 10.6. The van der Waals surface area contributed by atoms with E-state index in [0.29, 0.717) is 5.69 Å². The Balaban J connectivity index is 2.82. The fourth-order valence-electron chi connectivity index (χ4n) is 1.95. The van der Waals surface area contributed by atoms with Crippen LogP contribution >= 0.6 is 0 Å². The monoisotopic (exact) mass is 280 g/mol. The van der Waals surface area contributed by atoms with E-state index in [2.05, 4.69) is 10.3 Å². The number of hydrogen-bond donors (Lipinski definition) is 1. The Bertz CT molecular complexity index is 732. The Morgan fingerprint density at radius 1 is 1.16 bits per heavy atom. The highest BCUT2D eigenvalue weighted by Crippen LogP contribution is 2.26. The van der Waals surface area contributed by atoms with Crippen molar-refractivity contribution in [2.75, 3.05) is 13.3 Å². The van der Waals surface area contributed by atoms with Crippen LogP contribution in [0.3, 0.4) is 0 Å². The molecule has 7 heteroatoms. The average molecular weight is 280 g/mol. The van der Waals surface area contributed by atoms with Crippen LogP contribution in [0.4, 0.5) is 0 Å². The van der Waals surface area contributed by atoms with Gasteiger partial charge in [-0.15, -0.1) is 0 Å². The first-order chi connectivity index (χ1) is 8.77. The SMILES string of the molecule is CNC1=C(S(C)(=O)=O)C(=O)c2ccc(C)nc2C1=O. The van der Waals surface area contributed by atoms with Crippen molar-refractivity contribution in [2.45, 2.75) is 6.92 Å². The molecular weight excluding hydrogens is 268 g/mol. The number of nitrogens with zero attached hydrogens (tertiary/aromatic N) is 1. The average Bonchev–Trinajstić information content (AvgIpc) is 2.31. The summed E-state index contributed by atoms with van der Waals surface area (Å²) in [5, 5.41) is 2.49. The summed E-state index contributed by atoms with van der Waals surface area (Å²) in [6, 6.07) is 2.99. The predicted octanol–water partition coefficient (Wildman–Crippen LogP) is 0.245. The van der Waals surface area contributed by atoms with Crippen molar-refractivity contribution in [3.8, 4) is 0 Å². The molecule has 0 saturated heterocycles. The van der Waals surface area contributed by atoms with Crippen LogP contribution in [0.5, 0.6) is 0 Å². The maximum Gasteiger partial charge on any atom is 0.229 e. The lowest BCUT2D eigenvalue weighted by molar-refractivity contribution is 0.0971. The molecule has 100 valence electrons. The first-order valence-electron chi connectivity index (χ1n) is 5.46. The zero-order chi connectivity index (χ0) is 14.4. The lowest BCUT2D eigenvalue weighted by Gasteiger charge is -2.19. The Labute approximate surface area is 110 Å². The molecule has 1 N–H and O–H groups in total. The molecule has 0 saturated carbocycles. The van der Waals surface area contributed by atoms with Gasteiger partial charge in [0.25, 0.3) is 0 Å². The van der Waals surface area contributed by atoms with Gasteiger partial charge in [0.05, 0.1) is 5.56 Å². The van der Waals surface area contributed by atoms with Crippen LogP contribution in [0.1, 0.15) is 26.5 Å². The number of hydrogen-bond acceptors (Lipinski definition) is 6. The fourth-order valence-corrected chi connectivity index (χ4v) is 2.96. The molecule has 6 nitrogen and oxygen atoms in total. The van der Waals surface area contributed by atoms with E-state index in [0.717, 1.165) is 6.26 Å². The summed E-state index contributed by atoms with van der Waals surface area (Å²) in [4.78, 5) is 27.9. The summed E-state index contributed by atoms with van der Waals surface area (Å²) in [6.07, 6.45) is 0.900. The van der Waals surface area contributed by atoms with Crippen LogP contribution < -0.4 is 5.32 Å². The minimum absolute atomic E-state index is 0.0123. The van der Waals surface area contributed by atoms with Crippen molar-refractivity contribution in [1.82, 2.24) is 10.3 Å². The summed E-state index contributed by atoms with van der Waals surface area (Å²) in [7, 11) is -2.41. The third-order valence-corrected chi connectivity index (χ3v) is 3.91. The fraction of sp³-hybridized carbons (Fsp3) is 0.250. The number of fused-ring (bicyclic) bond motifs is 1. The van der Waals surface area contributed by atoms with Gasteiger partial charge in [-0.25, -0.2) is 13.4 Å². The first kappa shape index (κ1) is 13.4. The molecule has 2 rings (SSSR count). The number of aryl methyl sites for hydroxylation is 1. The van der Waals surface area contributed by atoms with Crippen molar-refractivity contribution in [3.63, 3.8) is 0 Å². The number of carbonyl (C=O) groups excluding carboxylic acids is 2. The standard InChI is InChI=1S/C12H12N2O4S/c1-6-4-5-7-8(14-6)11(16)9(13-2)12(10(7)15)19(3,17)18/h4-5,13H,1-3H3. The second kappa shape index (κ2) is 4.27. The van der Waals surface area contributed by atoms with Crippen molar-refractivity contribution in [2.24, 2.45) is 0 Å². The molecule has 0 radical (unpaired) electrons. The Kier molecular flexibility index (Phi) is 3.01. The molecule has 0 unspecified atom stereocenters. The van der Waals surface area contributed by atoms with Crippen molar-refractivity contribution < 1.29 is 18.0 Å². The van der Waals surface area contributed by atoms with E-state index >= 15 is 0 Å². The number of sulfone groups is 1. The van der Waals surface area contributed by atoms with E-state index in [1.54, 1.807) is 13.0 Å². The highest BCUT2D eigenvalue weighted by atomic mass is 32.2. The summed E-state index contributed by atoms with van der Waals surface area (Å²) in [6.45, 7) is 1.69. The highest BCUT2D eigenvalue weighted by molar-refractivity contribution is 7.95. The quantitative estimate of drug-likeness (QED) is 0.834. The molecule has 0 aromatic carbocycles. The molecule has 19 heavy (non-hydrogen) atoms. The molecule has 0 amide bonds. The van der Waals surface area contributed by atoms with Gasteiger partial charge >= 0.3 is 0 Å². The number of rotatable bonds is 2. The van der Waals surface area contributed by atoms with Gasteiger partial charge in [0.2, 0.25) is 11.6 Å². The summed E-state index contributed by atoms with van der Waals surface area (Å²) < 4.78 is 23.4. The maximum atomic E-state index is 12.2. The van der Waals surface area contributed by atoms with Crippen molar-refractivity contribution in [1.29, 1.82) is 0 Å².